The number of likely N-dealkylation sites (tertiary alicyclic amines) is 1. The Bertz CT molecular complexity index is 1440. The average Bonchev–Trinajstić information content (AvgIpc) is 3.42. The lowest BCUT2D eigenvalue weighted by molar-refractivity contribution is -0.140. The topological polar surface area (TPSA) is 145 Å². The molecule has 0 radical (unpaired) electrons. The van der Waals surface area contributed by atoms with Crippen molar-refractivity contribution >= 4 is 22.0 Å². The molecular formula is C28H28FN5O4S. The van der Waals surface area contributed by atoms with Crippen molar-refractivity contribution < 1.29 is 22.4 Å². The first-order chi connectivity index (χ1) is 18.7. The summed E-state index contributed by atoms with van der Waals surface area (Å²) < 4.78 is 40.8. The van der Waals surface area contributed by atoms with Gasteiger partial charge in [-0.25, -0.2) is 9.53 Å². The molecule has 2 amide bonds. The van der Waals surface area contributed by atoms with E-state index in [1.54, 1.807) is 54.6 Å². The third-order valence-electron chi connectivity index (χ3n) is 6.67. The Kier molecular flexibility index (Phi) is 8.71. The minimum Gasteiger partial charge on any atom is -0.350 e. The number of nitrogens with zero attached hydrogens (tertiary/aromatic N) is 2. The Balaban J connectivity index is 1.61. The zero-order valence-corrected chi connectivity index (χ0v) is 21.8. The van der Waals surface area contributed by atoms with Crippen molar-refractivity contribution in [2.24, 2.45) is 5.14 Å². The summed E-state index contributed by atoms with van der Waals surface area (Å²) in [4.78, 5) is 28.5. The smallest absolute Gasteiger partial charge is 0.275 e. The first kappa shape index (κ1) is 27.9. The molecule has 202 valence electrons. The van der Waals surface area contributed by atoms with Crippen LogP contribution in [0.5, 0.6) is 0 Å². The molecule has 0 bridgehead atoms. The zero-order chi connectivity index (χ0) is 28.0. The highest BCUT2D eigenvalue weighted by molar-refractivity contribution is 7.87. The number of carbonyl (C=O) groups excluding carboxylic acids is 2. The van der Waals surface area contributed by atoms with Gasteiger partial charge in [0.1, 0.15) is 24.0 Å². The maximum atomic E-state index is 14.0. The molecule has 4 N–H and O–H groups in total. The van der Waals surface area contributed by atoms with Crippen molar-refractivity contribution in [3.8, 4) is 6.07 Å². The number of nitrogens with two attached hydrogens (primary N) is 1. The van der Waals surface area contributed by atoms with E-state index in [2.05, 4.69) is 10.0 Å². The lowest BCUT2D eigenvalue weighted by atomic mass is 9.84. The van der Waals surface area contributed by atoms with Gasteiger partial charge >= 0.3 is 0 Å². The molecule has 1 aliphatic rings. The van der Waals surface area contributed by atoms with Crippen LogP contribution in [0.2, 0.25) is 0 Å². The van der Waals surface area contributed by atoms with Crippen LogP contribution in [-0.4, -0.2) is 43.8 Å². The van der Waals surface area contributed by atoms with Gasteiger partial charge in [0.15, 0.2) is 0 Å². The summed E-state index contributed by atoms with van der Waals surface area (Å²) in [5, 5.41) is 17.0. The largest absolute Gasteiger partial charge is 0.350 e. The summed E-state index contributed by atoms with van der Waals surface area (Å²) in [7, 11) is -4.31. The van der Waals surface area contributed by atoms with Gasteiger partial charge in [0.2, 0.25) is 11.8 Å². The molecule has 0 aliphatic carbocycles. The lowest BCUT2D eigenvalue weighted by Gasteiger charge is -2.33. The number of rotatable bonds is 9. The van der Waals surface area contributed by atoms with E-state index in [1.807, 2.05) is 12.1 Å². The minimum atomic E-state index is -4.31. The monoisotopic (exact) mass is 549 g/mol. The maximum Gasteiger partial charge on any atom is 0.275 e. The predicted octanol–water partition coefficient (Wildman–Crippen LogP) is 2.30. The molecule has 3 aromatic rings. The van der Waals surface area contributed by atoms with Gasteiger partial charge in [0, 0.05) is 19.0 Å². The molecule has 4 rings (SSSR count). The SMILES string of the molecule is N#Cc1ccc(CNC(=O)[C@@H]2CCCN2C(=O)[C@H](NS(N)(=O)=O)C(c2ccccc2)c2ccccc2)cc1F. The van der Waals surface area contributed by atoms with Crippen LogP contribution in [0, 0.1) is 17.1 Å². The Hall–Kier alpha value is -4.11. The van der Waals surface area contributed by atoms with Gasteiger partial charge in [-0.3, -0.25) is 9.59 Å². The quantitative estimate of drug-likeness (QED) is 0.375. The standard InChI is InChI=1S/C28H28FN5O4S/c29-23-16-19(13-14-22(23)17-30)18-32-27(35)24-12-7-15-34(24)28(36)26(33-39(31,37)38)25(20-8-3-1-4-9-20)21-10-5-2-6-11-21/h1-6,8-11,13-14,16,24-26,33H,7,12,15,18H2,(H,32,35)(H2,31,37,38)/t24-,26+/m0/s1. The molecule has 1 heterocycles. The lowest BCUT2D eigenvalue weighted by Crippen LogP contribution is -2.56. The van der Waals surface area contributed by atoms with Crippen LogP contribution in [0.1, 0.15) is 41.0 Å². The number of nitrogens with one attached hydrogen (secondary N) is 2. The maximum absolute atomic E-state index is 14.0. The van der Waals surface area contributed by atoms with Crippen molar-refractivity contribution in [2.45, 2.75) is 37.4 Å². The number of hydrogen-bond acceptors (Lipinski definition) is 5. The number of carbonyl (C=O) groups is 2. The van der Waals surface area contributed by atoms with E-state index in [0.29, 0.717) is 29.5 Å². The first-order valence-corrected chi connectivity index (χ1v) is 13.9. The van der Waals surface area contributed by atoms with Crippen molar-refractivity contribution in [2.75, 3.05) is 6.54 Å². The van der Waals surface area contributed by atoms with E-state index < -0.39 is 45.8 Å². The fraction of sp³-hybridized carbons (Fsp3) is 0.250. The summed E-state index contributed by atoms with van der Waals surface area (Å²) in [5.74, 6) is -2.43. The summed E-state index contributed by atoms with van der Waals surface area (Å²) >= 11 is 0. The summed E-state index contributed by atoms with van der Waals surface area (Å²) in [6.45, 7) is 0.247. The average molecular weight is 550 g/mol. The molecule has 1 saturated heterocycles. The number of nitriles is 1. The van der Waals surface area contributed by atoms with Crippen molar-refractivity contribution in [3.05, 3.63) is 107 Å². The Labute approximate surface area is 226 Å². The summed E-state index contributed by atoms with van der Waals surface area (Å²) in [5.41, 5.74) is 1.75. The van der Waals surface area contributed by atoms with E-state index in [9.17, 15) is 22.4 Å². The molecule has 1 fully saturated rings. The van der Waals surface area contributed by atoms with Crippen molar-refractivity contribution in [1.29, 1.82) is 5.26 Å². The van der Waals surface area contributed by atoms with Gasteiger partial charge in [-0.15, -0.1) is 0 Å². The highest BCUT2D eigenvalue weighted by Crippen LogP contribution is 2.31. The second kappa shape index (κ2) is 12.2. The van der Waals surface area contributed by atoms with Gasteiger partial charge in [-0.2, -0.15) is 18.4 Å². The molecule has 9 nitrogen and oxygen atoms in total. The van der Waals surface area contributed by atoms with Crippen LogP contribution < -0.4 is 15.2 Å². The third-order valence-corrected chi connectivity index (χ3v) is 7.25. The highest BCUT2D eigenvalue weighted by atomic mass is 32.2. The van der Waals surface area contributed by atoms with Crippen LogP contribution in [0.3, 0.4) is 0 Å². The van der Waals surface area contributed by atoms with E-state index in [1.165, 1.54) is 23.1 Å². The van der Waals surface area contributed by atoms with Crippen LogP contribution in [-0.2, 0) is 26.3 Å². The Morgan fingerprint density at radius 2 is 1.67 bits per heavy atom. The second-order valence-corrected chi connectivity index (χ2v) is 10.6. The Morgan fingerprint density at radius 1 is 1.05 bits per heavy atom. The van der Waals surface area contributed by atoms with Crippen molar-refractivity contribution in [1.82, 2.24) is 14.9 Å². The highest BCUT2D eigenvalue weighted by Gasteiger charge is 2.42. The van der Waals surface area contributed by atoms with E-state index in [4.69, 9.17) is 10.4 Å². The minimum absolute atomic E-state index is 0.00446. The van der Waals surface area contributed by atoms with Gasteiger partial charge in [-0.05, 0) is 41.7 Å². The second-order valence-electron chi connectivity index (χ2n) is 9.27. The fourth-order valence-electron chi connectivity index (χ4n) is 4.88. The number of halogens is 1. The van der Waals surface area contributed by atoms with E-state index in [-0.39, 0.29) is 18.7 Å². The first-order valence-electron chi connectivity index (χ1n) is 12.3. The molecule has 3 aromatic carbocycles. The molecule has 0 spiro atoms. The molecule has 11 heteroatoms. The molecule has 1 aliphatic heterocycles. The molecule has 2 atom stereocenters. The van der Waals surface area contributed by atoms with Crippen LogP contribution in [0.15, 0.2) is 78.9 Å². The normalized spacial score (nSPS) is 16.1. The van der Waals surface area contributed by atoms with Gasteiger partial charge in [-0.1, -0.05) is 66.7 Å². The number of hydrogen-bond donors (Lipinski definition) is 3. The summed E-state index contributed by atoms with van der Waals surface area (Å²) in [6.07, 6.45) is 0.918. The van der Waals surface area contributed by atoms with E-state index in [0.717, 1.165) is 0 Å². The zero-order valence-electron chi connectivity index (χ0n) is 21.0. The molecule has 0 saturated carbocycles. The molecule has 0 aromatic heterocycles. The van der Waals surface area contributed by atoms with Gasteiger partial charge < -0.3 is 10.2 Å². The fourth-order valence-corrected chi connectivity index (χ4v) is 5.47. The molecular weight excluding hydrogens is 521 g/mol. The number of benzene rings is 3. The molecule has 39 heavy (non-hydrogen) atoms. The van der Waals surface area contributed by atoms with Crippen LogP contribution in [0.25, 0.3) is 0 Å². The van der Waals surface area contributed by atoms with Gasteiger partial charge in [0.05, 0.1) is 5.56 Å². The Morgan fingerprint density at radius 3 is 2.21 bits per heavy atom. The summed E-state index contributed by atoms with van der Waals surface area (Å²) in [6, 6.07) is 21.6. The van der Waals surface area contributed by atoms with Crippen LogP contribution in [0.4, 0.5) is 4.39 Å². The number of amides is 2. The van der Waals surface area contributed by atoms with Gasteiger partial charge in [0.25, 0.3) is 10.2 Å². The predicted molar refractivity (Wildman–Crippen MR) is 142 cm³/mol. The molecule has 0 unspecified atom stereocenters. The van der Waals surface area contributed by atoms with Crippen LogP contribution >= 0.6 is 0 Å². The van der Waals surface area contributed by atoms with Crippen molar-refractivity contribution in [3.63, 3.8) is 0 Å². The van der Waals surface area contributed by atoms with E-state index >= 15 is 0 Å². The third kappa shape index (κ3) is 6.86.